The number of carbonyl (C=O) groups excluding carboxylic acids is 2. The van der Waals surface area contributed by atoms with Gasteiger partial charge in [0.05, 0.1) is 20.2 Å². The van der Waals surface area contributed by atoms with Crippen LogP contribution in [0.4, 0.5) is 0 Å². The fraction of sp³-hybridized carbons (Fsp3) is 0.500. The first-order valence-corrected chi connectivity index (χ1v) is 5.30. The third kappa shape index (κ3) is 6.52. The lowest BCUT2D eigenvalue weighted by Gasteiger charge is -2.22. The van der Waals surface area contributed by atoms with E-state index in [1.54, 1.807) is 29.0 Å². The van der Waals surface area contributed by atoms with Crippen molar-refractivity contribution in [2.24, 2.45) is 0 Å². The van der Waals surface area contributed by atoms with E-state index in [-0.39, 0.29) is 25.0 Å². The monoisotopic (exact) mass is 240 g/mol. The molecule has 0 heterocycles. The molecule has 1 amide bonds. The van der Waals surface area contributed by atoms with Crippen molar-refractivity contribution in [2.45, 2.75) is 0 Å². The molecule has 0 saturated heterocycles. The molecule has 0 aromatic heterocycles. The molecule has 5 nitrogen and oxygen atoms in total. The van der Waals surface area contributed by atoms with Gasteiger partial charge in [0.1, 0.15) is 0 Å². The summed E-state index contributed by atoms with van der Waals surface area (Å²) in [6, 6.07) is 0. The lowest BCUT2D eigenvalue weighted by Crippen LogP contribution is -2.40. The van der Waals surface area contributed by atoms with Crippen LogP contribution in [0, 0.1) is 0 Å². The zero-order valence-electron chi connectivity index (χ0n) is 10.5. The van der Waals surface area contributed by atoms with Crippen LogP contribution < -0.4 is 0 Å². The van der Waals surface area contributed by atoms with Crippen LogP contribution in [-0.2, 0) is 14.3 Å². The molecule has 0 aliphatic carbocycles. The minimum Gasteiger partial charge on any atom is -0.468 e. The summed E-state index contributed by atoms with van der Waals surface area (Å²) in [4.78, 5) is 26.1. The fourth-order valence-corrected chi connectivity index (χ4v) is 1.26. The third-order valence-electron chi connectivity index (χ3n) is 2.08. The van der Waals surface area contributed by atoms with E-state index in [9.17, 15) is 9.59 Å². The van der Waals surface area contributed by atoms with Gasteiger partial charge in [-0.25, -0.2) is 0 Å². The van der Waals surface area contributed by atoms with Gasteiger partial charge in [-0.3, -0.25) is 14.5 Å². The SMILES string of the molecule is C=CCN(CC=C)C(=O)CN(C)CC(=O)OC. The molecule has 5 heteroatoms. The summed E-state index contributed by atoms with van der Waals surface area (Å²) in [5.41, 5.74) is 0. The number of carbonyl (C=O) groups is 2. The number of likely N-dealkylation sites (N-methyl/N-ethyl adjacent to an activating group) is 1. The van der Waals surface area contributed by atoms with Crippen molar-refractivity contribution in [3.8, 4) is 0 Å². The zero-order chi connectivity index (χ0) is 13.3. The molecule has 0 bridgehead atoms. The molecule has 17 heavy (non-hydrogen) atoms. The molecular formula is C12H20N2O3. The van der Waals surface area contributed by atoms with Crippen LogP contribution in [0.5, 0.6) is 0 Å². The average Bonchev–Trinajstić information content (AvgIpc) is 2.28. The second-order valence-corrected chi connectivity index (χ2v) is 3.62. The first-order chi connectivity index (χ1) is 8.04. The Labute approximate surface area is 102 Å². The van der Waals surface area contributed by atoms with Crippen molar-refractivity contribution in [3.63, 3.8) is 0 Å². The molecule has 0 N–H and O–H groups in total. The highest BCUT2D eigenvalue weighted by Gasteiger charge is 2.15. The molecule has 0 unspecified atom stereocenters. The van der Waals surface area contributed by atoms with Gasteiger partial charge in [0, 0.05) is 13.1 Å². The topological polar surface area (TPSA) is 49.9 Å². The van der Waals surface area contributed by atoms with Gasteiger partial charge in [0.2, 0.25) is 5.91 Å². The Kier molecular flexibility index (Phi) is 7.71. The van der Waals surface area contributed by atoms with E-state index in [1.165, 1.54) is 7.11 Å². The van der Waals surface area contributed by atoms with Crippen molar-refractivity contribution < 1.29 is 14.3 Å². The first-order valence-electron chi connectivity index (χ1n) is 5.30. The minimum absolute atomic E-state index is 0.0730. The number of amides is 1. The molecular weight excluding hydrogens is 220 g/mol. The van der Waals surface area contributed by atoms with Gasteiger partial charge < -0.3 is 9.64 Å². The second kappa shape index (κ2) is 8.52. The van der Waals surface area contributed by atoms with Crippen molar-refractivity contribution in [2.75, 3.05) is 40.3 Å². The second-order valence-electron chi connectivity index (χ2n) is 3.62. The lowest BCUT2D eigenvalue weighted by molar-refractivity contribution is -0.142. The van der Waals surface area contributed by atoms with Crippen LogP contribution in [-0.4, -0.2) is 62.0 Å². The van der Waals surface area contributed by atoms with Crippen LogP contribution in [0.15, 0.2) is 25.3 Å². The lowest BCUT2D eigenvalue weighted by atomic mass is 10.4. The van der Waals surface area contributed by atoms with Gasteiger partial charge in [-0.2, -0.15) is 0 Å². The Morgan fingerprint density at radius 2 is 1.71 bits per heavy atom. The van der Waals surface area contributed by atoms with Crippen LogP contribution in [0.25, 0.3) is 0 Å². The van der Waals surface area contributed by atoms with Gasteiger partial charge in [-0.05, 0) is 7.05 Å². The molecule has 0 fully saturated rings. The summed E-state index contributed by atoms with van der Waals surface area (Å²) in [5.74, 6) is -0.435. The largest absolute Gasteiger partial charge is 0.468 e. The molecule has 0 aliphatic rings. The smallest absolute Gasteiger partial charge is 0.319 e. The predicted octanol–water partition coefficient (Wildman–Crippen LogP) is 0.292. The maximum absolute atomic E-state index is 11.8. The van der Waals surface area contributed by atoms with Crippen molar-refractivity contribution >= 4 is 11.9 Å². The maximum Gasteiger partial charge on any atom is 0.319 e. The van der Waals surface area contributed by atoms with Crippen molar-refractivity contribution in [1.82, 2.24) is 9.80 Å². The molecule has 0 spiro atoms. The van der Waals surface area contributed by atoms with E-state index < -0.39 is 0 Å². The Morgan fingerprint density at radius 3 is 2.12 bits per heavy atom. The van der Waals surface area contributed by atoms with Gasteiger partial charge in [0.25, 0.3) is 0 Å². The Morgan fingerprint density at radius 1 is 1.18 bits per heavy atom. The molecule has 0 radical (unpaired) electrons. The third-order valence-corrected chi connectivity index (χ3v) is 2.08. The van der Waals surface area contributed by atoms with Crippen LogP contribution in [0.1, 0.15) is 0 Å². The molecule has 0 aromatic rings. The van der Waals surface area contributed by atoms with E-state index in [1.807, 2.05) is 0 Å². The molecule has 0 saturated carbocycles. The summed E-state index contributed by atoms with van der Waals surface area (Å²) in [5, 5.41) is 0. The fourth-order valence-electron chi connectivity index (χ4n) is 1.26. The first kappa shape index (κ1) is 15.4. The number of hydrogen-bond acceptors (Lipinski definition) is 4. The van der Waals surface area contributed by atoms with Crippen LogP contribution in [0.2, 0.25) is 0 Å². The Balaban J connectivity index is 4.23. The quantitative estimate of drug-likeness (QED) is 0.452. The highest BCUT2D eigenvalue weighted by Crippen LogP contribution is 1.94. The van der Waals surface area contributed by atoms with Gasteiger partial charge in [-0.1, -0.05) is 12.2 Å². The molecule has 0 rings (SSSR count). The molecule has 0 aliphatic heterocycles. The molecule has 0 aromatic carbocycles. The van der Waals surface area contributed by atoms with Crippen LogP contribution in [0.3, 0.4) is 0 Å². The normalized spacial score (nSPS) is 9.82. The minimum atomic E-state index is -0.362. The summed E-state index contributed by atoms with van der Waals surface area (Å²) in [6.07, 6.45) is 3.31. The van der Waals surface area contributed by atoms with Crippen molar-refractivity contribution in [3.05, 3.63) is 25.3 Å². The number of esters is 1. The van der Waals surface area contributed by atoms with Crippen molar-refractivity contribution in [1.29, 1.82) is 0 Å². The van der Waals surface area contributed by atoms with E-state index >= 15 is 0 Å². The summed E-state index contributed by atoms with van der Waals surface area (Å²) < 4.78 is 4.52. The maximum atomic E-state index is 11.8. The summed E-state index contributed by atoms with van der Waals surface area (Å²) >= 11 is 0. The van der Waals surface area contributed by atoms with Crippen LogP contribution >= 0.6 is 0 Å². The Bertz CT molecular complexity index is 279. The number of ether oxygens (including phenoxy) is 1. The van der Waals surface area contributed by atoms with E-state index in [4.69, 9.17) is 0 Å². The zero-order valence-corrected chi connectivity index (χ0v) is 10.5. The standard InChI is InChI=1S/C12H20N2O3/c1-5-7-14(8-6-2)11(15)9-13(3)10-12(16)17-4/h5-6H,1-2,7-10H2,3-4H3. The van der Waals surface area contributed by atoms with Gasteiger partial charge in [-0.15, -0.1) is 13.2 Å². The number of nitrogens with zero attached hydrogens (tertiary/aromatic N) is 2. The summed E-state index contributed by atoms with van der Waals surface area (Å²) in [7, 11) is 3.01. The van der Waals surface area contributed by atoms with Gasteiger partial charge >= 0.3 is 5.97 Å². The Hall–Kier alpha value is -1.62. The average molecular weight is 240 g/mol. The van der Waals surface area contributed by atoms with Gasteiger partial charge in [0.15, 0.2) is 0 Å². The number of methoxy groups -OCH3 is 1. The number of hydrogen-bond donors (Lipinski definition) is 0. The van der Waals surface area contributed by atoms with E-state index in [0.717, 1.165) is 0 Å². The van der Waals surface area contributed by atoms with E-state index in [2.05, 4.69) is 17.9 Å². The molecule has 0 atom stereocenters. The predicted molar refractivity (Wildman–Crippen MR) is 66.5 cm³/mol. The molecule has 96 valence electrons. The number of rotatable bonds is 8. The summed E-state index contributed by atoms with van der Waals surface area (Å²) in [6.45, 7) is 8.38. The van der Waals surface area contributed by atoms with E-state index in [0.29, 0.717) is 13.1 Å². The highest BCUT2D eigenvalue weighted by molar-refractivity contribution is 5.79. The highest BCUT2D eigenvalue weighted by atomic mass is 16.5.